The molecule has 1 saturated heterocycles. The molecule has 2 aromatic heterocycles. The Bertz CT molecular complexity index is 694. The summed E-state index contributed by atoms with van der Waals surface area (Å²) in [6.45, 7) is 0.843. The summed E-state index contributed by atoms with van der Waals surface area (Å²) in [7, 11) is 0. The summed E-state index contributed by atoms with van der Waals surface area (Å²) < 4.78 is 0. The van der Waals surface area contributed by atoms with Crippen molar-refractivity contribution in [2.24, 2.45) is 0 Å². The Morgan fingerprint density at radius 1 is 1.38 bits per heavy atom. The first kappa shape index (κ1) is 13.6. The smallest absolute Gasteiger partial charge is 0.148 e. The van der Waals surface area contributed by atoms with Crippen LogP contribution in [0.4, 0.5) is 11.6 Å². The molecule has 3 heterocycles. The fraction of sp³-hybridized carbons (Fsp3) is 0.286. The van der Waals surface area contributed by atoms with Gasteiger partial charge in [0.2, 0.25) is 0 Å². The van der Waals surface area contributed by atoms with E-state index in [2.05, 4.69) is 20.1 Å². The van der Waals surface area contributed by atoms with Crippen LogP contribution in [0.25, 0.3) is 0 Å². The van der Waals surface area contributed by atoms with Crippen LogP contribution in [0.2, 0.25) is 5.02 Å². The lowest BCUT2D eigenvalue weighted by atomic mass is 10.1. The number of nitrogens with zero attached hydrogens (tertiary/aromatic N) is 5. The van der Waals surface area contributed by atoms with E-state index in [1.165, 1.54) is 6.20 Å². The molecular weight excluding hydrogens is 288 g/mol. The molecule has 3 rings (SSSR count). The van der Waals surface area contributed by atoms with Crippen molar-refractivity contribution in [1.82, 2.24) is 15.2 Å². The van der Waals surface area contributed by atoms with Crippen LogP contribution in [0.1, 0.15) is 30.1 Å². The Labute approximate surface area is 127 Å². The Kier molecular flexibility index (Phi) is 3.59. The molecule has 1 fully saturated rings. The van der Waals surface area contributed by atoms with Crippen LogP contribution in [-0.2, 0) is 0 Å². The van der Waals surface area contributed by atoms with E-state index >= 15 is 0 Å². The fourth-order valence-electron chi connectivity index (χ4n) is 2.56. The first-order chi connectivity index (χ1) is 10.2. The summed E-state index contributed by atoms with van der Waals surface area (Å²) in [4.78, 5) is 6.42. The van der Waals surface area contributed by atoms with Crippen LogP contribution in [0.5, 0.6) is 0 Å². The summed E-state index contributed by atoms with van der Waals surface area (Å²) in [6, 6.07) is 7.37. The van der Waals surface area contributed by atoms with Gasteiger partial charge in [0.15, 0.2) is 0 Å². The highest BCUT2D eigenvalue weighted by molar-refractivity contribution is 6.33. The van der Waals surface area contributed by atoms with E-state index in [9.17, 15) is 0 Å². The van der Waals surface area contributed by atoms with Gasteiger partial charge in [-0.3, -0.25) is 0 Å². The zero-order valence-corrected chi connectivity index (χ0v) is 12.0. The Morgan fingerprint density at radius 3 is 2.90 bits per heavy atom. The Hall–Kier alpha value is -2.39. The molecule has 1 aliphatic heterocycles. The summed E-state index contributed by atoms with van der Waals surface area (Å²) in [5, 5.41) is 17.4. The molecule has 1 unspecified atom stereocenters. The van der Waals surface area contributed by atoms with Gasteiger partial charge in [-0.25, -0.2) is 4.98 Å². The molecule has 0 saturated carbocycles. The number of halogens is 1. The highest BCUT2D eigenvalue weighted by atomic mass is 35.5. The van der Waals surface area contributed by atoms with Crippen LogP contribution in [0.3, 0.4) is 0 Å². The van der Waals surface area contributed by atoms with Crippen LogP contribution < -0.4 is 10.6 Å². The average Bonchev–Trinajstić information content (AvgIpc) is 2.97. The molecule has 0 aliphatic carbocycles. The number of nitrogen functional groups attached to an aromatic ring is 1. The van der Waals surface area contributed by atoms with Gasteiger partial charge < -0.3 is 10.6 Å². The number of rotatable bonds is 2. The van der Waals surface area contributed by atoms with E-state index in [4.69, 9.17) is 22.6 Å². The molecular formula is C14H13ClN6. The third-order valence-corrected chi connectivity index (χ3v) is 3.80. The Morgan fingerprint density at radius 2 is 2.24 bits per heavy atom. The van der Waals surface area contributed by atoms with Gasteiger partial charge in [0, 0.05) is 12.7 Å². The molecule has 2 N–H and O–H groups in total. The molecule has 21 heavy (non-hydrogen) atoms. The summed E-state index contributed by atoms with van der Waals surface area (Å²) in [5.74, 6) is 1.08. The highest BCUT2D eigenvalue weighted by Crippen LogP contribution is 2.37. The number of anilines is 2. The van der Waals surface area contributed by atoms with Crippen LogP contribution in [0.15, 0.2) is 24.4 Å². The van der Waals surface area contributed by atoms with Gasteiger partial charge in [-0.1, -0.05) is 11.6 Å². The zero-order chi connectivity index (χ0) is 14.8. The lowest BCUT2D eigenvalue weighted by Gasteiger charge is -2.25. The Balaban J connectivity index is 1.94. The summed E-state index contributed by atoms with van der Waals surface area (Å²) >= 11 is 6.25. The van der Waals surface area contributed by atoms with Crippen LogP contribution in [0, 0.1) is 11.3 Å². The lowest BCUT2D eigenvalue weighted by molar-refractivity contribution is 0.673. The van der Waals surface area contributed by atoms with Crippen molar-refractivity contribution in [3.05, 3.63) is 40.7 Å². The second-order valence-electron chi connectivity index (χ2n) is 4.88. The minimum atomic E-state index is 0.0797. The zero-order valence-electron chi connectivity index (χ0n) is 11.2. The van der Waals surface area contributed by atoms with Gasteiger partial charge in [0.1, 0.15) is 17.7 Å². The predicted molar refractivity (Wildman–Crippen MR) is 79.7 cm³/mol. The van der Waals surface area contributed by atoms with E-state index in [-0.39, 0.29) is 6.04 Å². The minimum absolute atomic E-state index is 0.0797. The van der Waals surface area contributed by atoms with E-state index in [0.717, 1.165) is 25.1 Å². The second kappa shape index (κ2) is 5.54. The largest absolute Gasteiger partial charge is 0.382 e. The number of hydrogen-bond acceptors (Lipinski definition) is 6. The number of hydrogen-bond donors (Lipinski definition) is 1. The first-order valence-corrected chi connectivity index (χ1v) is 6.98. The van der Waals surface area contributed by atoms with Gasteiger partial charge >= 0.3 is 0 Å². The lowest BCUT2D eigenvalue weighted by Crippen LogP contribution is -2.25. The molecule has 0 amide bonds. The standard InChI is InChI=1S/C14H13ClN6/c15-10-6-9(7-16)8-18-14(10)21-5-1-2-12(21)11-3-4-13(17)20-19-11/h3-4,6,8,12H,1-2,5H2,(H2,17,20). The van der Waals surface area contributed by atoms with Gasteiger partial charge in [-0.15, -0.1) is 5.10 Å². The van der Waals surface area contributed by atoms with Gasteiger partial charge in [-0.05, 0) is 31.0 Å². The predicted octanol–water partition coefficient (Wildman–Crippen LogP) is 2.32. The molecule has 1 atom stereocenters. The monoisotopic (exact) mass is 300 g/mol. The number of nitrogens with two attached hydrogens (primary N) is 1. The van der Waals surface area contributed by atoms with Gasteiger partial charge in [0.25, 0.3) is 0 Å². The minimum Gasteiger partial charge on any atom is -0.382 e. The van der Waals surface area contributed by atoms with Crippen molar-refractivity contribution in [2.45, 2.75) is 18.9 Å². The molecule has 0 bridgehead atoms. The molecule has 106 valence electrons. The van der Waals surface area contributed by atoms with Crippen molar-refractivity contribution < 1.29 is 0 Å². The van der Waals surface area contributed by atoms with E-state index in [1.54, 1.807) is 12.1 Å². The maximum absolute atomic E-state index is 8.88. The van der Waals surface area contributed by atoms with Gasteiger partial charge in [0.05, 0.1) is 22.3 Å². The quantitative estimate of drug-likeness (QED) is 0.915. The van der Waals surface area contributed by atoms with Crippen LogP contribution >= 0.6 is 11.6 Å². The first-order valence-electron chi connectivity index (χ1n) is 6.60. The van der Waals surface area contributed by atoms with E-state index in [0.29, 0.717) is 22.2 Å². The normalized spacial score (nSPS) is 17.7. The van der Waals surface area contributed by atoms with E-state index in [1.807, 2.05) is 12.1 Å². The maximum atomic E-state index is 8.88. The van der Waals surface area contributed by atoms with Crippen molar-refractivity contribution in [3.8, 4) is 6.07 Å². The SMILES string of the molecule is N#Cc1cnc(N2CCCC2c2ccc(N)nn2)c(Cl)c1. The molecule has 0 aromatic carbocycles. The maximum Gasteiger partial charge on any atom is 0.148 e. The number of nitriles is 1. The second-order valence-corrected chi connectivity index (χ2v) is 5.28. The van der Waals surface area contributed by atoms with Crippen molar-refractivity contribution in [2.75, 3.05) is 17.2 Å². The molecule has 0 radical (unpaired) electrons. The topological polar surface area (TPSA) is 91.7 Å². The third kappa shape index (κ3) is 2.60. The third-order valence-electron chi connectivity index (χ3n) is 3.52. The summed E-state index contributed by atoms with van der Waals surface area (Å²) in [5.41, 5.74) is 6.88. The summed E-state index contributed by atoms with van der Waals surface area (Å²) in [6.07, 6.45) is 3.51. The van der Waals surface area contributed by atoms with Crippen molar-refractivity contribution >= 4 is 23.2 Å². The average molecular weight is 301 g/mol. The molecule has 2 aromatic rings. The number of pyridine rings is 1. The van der Waals surface area contributed by atoms with Crippen LogP contribution in [-0.4, -0.2) is 21.7 Å². The fourth-order valence-corrected chi connectivity index (χ4v) is 2.84. The molecule has 1 aliphatic rings. The molecule has 7 heteroatoms. The van der Waals surface area contributed by atoms with E-state index < -0.39 is 0 Å². The van der Waals surface area contributed by atoms with Crippen molar-refractivity contribution in [1.29, 1.82) is 5.26 Å². The molecule has 0 spiro atoms. The highest BCUT2D eigenvalue weighted by Gasteiger charge is 2.29. The van der Waals surface area contributed by atoms with Crippen molar-refractivity contribution in [3.63, 3.8) is 0 Å². The molecule has 6 nitrogen and oxygen atoms in total. The number of aromatic nitrogens is 3. The van der Waals surface area contributed by atoms with Gasteiger partial charge in [-0.2, -0.15) is 10.4 Å².